The molecule has 2 aliphatic heterocycles. The fourth-order valence-electron chi connectivity index (χ4n) is 3.30. The minimum Gasteiger partial charge on any atom is -0.477 e. The van der Waals surface area contributed by atoms with Crippen molar-refractivity contribution in [2.75, 3.05) is 18.5 Å². The van der Waals surface area contributed by atoms with Crippen LogP contribution in [0.2, 0.25) is 0 Å². The normalized spacial score (nSPS) is 17.8. The summed E-state index contributed by atoms with van der Waals surface area (Å²) in [6.07, 6.45) is 5.59. The van der Waals surface area contributed by atoms with Crippen molar-refractivity contribution >= 4 is 29.2 Å². The Morgan fingerprint density at radius 2 is 2.00 bits per heavy atom. The lowest BCUT2D eigenvalue weighted by atomic mass is 10.1. The van der Waals surface area contributed by atoms with Gasteiger partial charge >= 0.3 is 0 Å². The number of aromatic nitrogens is 4. The standard InChI is InChI=1S/C19H16N6O3/c26-17-10-4-6-20-15(10)8-11-16-14(24-18(11)27)3-2-13(23-16)12-9-22-25-19(12)28-7-1-5-21-17/h2-4,6,8-9,20H,1,5,7H2,(H,21,26)(H,22,25)(H,24,27)/b11-8-. The lowest BCUT2D eigenvalue weighted by molar-refractivity contribution is -0.110. The number of pyridine rings is 1. The highest BCUT2D eigenvalue weighted by Crippen LogP contribution is 2.35. The summed E-state index contributed by atoms with van der Waals surface area (Å²) in [6, 6.07) is 5.29. The number of hydrogen-bond donors (Lipinski definition) is 4. The second kappa shape index (κ2) is 6.38. The van der Waals surface area contributed by atoms with Gasteiger partial charge in [-0.15, -0.1) is 0 Å². The molecule has 2 aliphatic rings. The topological polar surface area (TPSA) is 125 Å². The summed E-state index contributed by atoms with van der Waals surface area (Å²) in [4.78, 5) is 32.7. The summed E-state index contributed by atoms with van der Waals surface area (Å²) in [5.74, 6) is 0.0146. The molecule has 5 rings (SSSR count). The largest absolute Gasteiger partial charge is 0.477 e. The van der Waals surface area contributed by atoms with Gasteiger partial charge < -0.3 is 20.4 Å². The number of nitrogens with zero attached hydrogens (tertiary/aromatic N) is 2. The first kappa shape index (κ1) is 16.3. The number of carbonyl (C=O) groups is 2. The zero-order chi connectivity index (χ0) is 19.1. The molecule has 4 N–H and O–H groups in total. The van der Waals surface area contributed by atoms with Gasteiger partial charge in [-0.3, -0.25) is 9.59 Å². The first-order chi connectivity index (χ1) is 13.7. The van der Waals surface area contributed by atoms with Crippen LogP contribution in [0.3, 0.4) is 0 Å². The predicted octanol–water partition coefficient (Wildman–Crippen LogP) is 1.80. The number of amides is 2. The van der Waals surface area contributed by atoms with Crippen molar-refractivity contribution in [3.8, 4) is 17.1 Å². The number of hydrogen-bond acceptors (Lipinski definition) is 5. The van der Waals surface area contributed by atoms with E-state index in [1.807, 2.05) is 6.07 Å². The van der Waals surface area contributed by atoms with Crippen LogP contribution in [0.15, 0.2) is 30.6 Å². The molecule has 2 bridgehead atoms. The van der Waals surface area contributed by atoms with E-state index in [1.165, 1.54) is 0 Å². The third kappa shape index (κ3) is 2.64. The lowest BCUT2D eigenvalue weighted by Crippen LogP contribution is -2.25. The Morgan fingerprint density at radius 3 is 2.93 bits per heavy atom. The smallest absolute Gasteiger partial charge is 0.258 e. The van der Waals surface area contributed by atoms with Crippen LogP contribution >= 0.6 is 0 Å². The molecule has 0 saturated heterocycles. The van der Waals surface area contributed by atoms with Gasteiger partial charge in [-0.2, -0.15) is 5.10 Å². The van der Waals surface area contributed by atoms with Gasteiger partial charge in [0, 0.05) is 12.7 Å². The van der Waals surface area contributed by atoms with E-state index in [1.54, 1.807) is 30.6 Å². The van der Waals surface area contributed by atoms with Crippen LogP contribution in [-0.4, -0.2) is 45.1 Å². The van der Waals surface area contributed by atoms with Gasteiger partial charge in [0.1, 0.15) is 5.69 Å². The molecule has 3 aromatic rings. The van der Waals surface area contributed by atoms with E-state index in [2.05, 4.69) is 30.8 Å². The number of ether oxygens (including phenoxy) is 1. The molecule has 2 amide bonds. The highest BCUT2D eigenvalue weighted by molar-refractivity contribution is 6.34. The summed E-state index contributed by atoms with van der Waals surface area (Å²) >= 11 is 0. The third-order valence-electron chi connectivity index (χ3n) is 4.69. The van der Waals surface area contributed by atoms with Gasteiger partial charge in [0.15, 0.2) is 0 Å². The van der Waals surface area contributed by atoms with E-state index in [4.69, 9.17) is 4.74 Å². The van der Waals surface area contributed by atoms with E-state index in [0.29, 0.717) is 64.9 Å². The van der Waals surface area contributed by atoms with Crippen molar-refractivity contribution < 1.29 is 14.3 Å². The Labute approximate surface area is 159 Å². The SMILES string of the molecule is O=C1Nc2ccc3nc2/C1=C/c1[nH]ccc1C(=O)NCCCOc1[nH]ncc1-3. The molecule has 0 aromatic carbocycles. The zero-order valence-electron chi connectivity index (χ0n) is 14.7. The molecule has 0 atom stereocenters. The molecule has 0 aliphatic carbocycles. The molecule has 9 nitrogen and oxygen atoms in total. The summed E-state index contributed by atoms with van der Waals surface area (Å²) in [6.45, 7) is 0.865. The predicted molar refractivity (Wildman–Crippen MR) is 102 cm³/mol. The molecular weight excluding hydrogens is 360 g/mol. The van der Waals surface area contributed by atoms with Gasteiger partial charge in [0.25, 0.3) is 11.8 Å². The van der Waals surface area contributed by atoms with Crippen LogP contribution in [0.25, 0.3) is 22.9 Å². The summed E-state index contributed by atoms with van der Waals surface area (Å²) in [5.41, 5.74) is 3.89. The van der Waals surface area contributed by atoms with Gasteiger partial charge in [0.2, 0.25) is 5.88 Å². The molecule has 0 unspecified atom stereocenters. The number of fused-ring (bicyclic) bond motifs is 4. The second-order valence-corrected chi connectivity index (χ2v) is 6.48. The van der Waals surface area contributed by atoms with E-state index < -0.39 is 0 Å². The Hall–Kier alpha value is -3.88. The van der Waals surface area contributed by atoms with Crippen LogP contribution in [0.1, 0.15) is 28.2 Å². The number of carbonyl (C=O) groups excluding carboxylic acids is 2. The van der Waals surface area contributed by atoms with Crippen LogP contribution in [0.4, 0.5) is 5.69 Å². The van der Waals surface area contributed by atoms with Crippen molar-refractivity contribution in [1.82, 2.24) is 25.5 Å². The number of aromatic amines is 2. The average Bonchev–Trinajstić information content (AvgIpc) is 3.40. The van der Waals surface area contributed by atoms with Gasteiger partial charge in [-0.25, -0.2) is 10.1 Å². The summed E-state index contributed by atoms with van der Waals surface area (Å²) in [5, 5.41) is 12.5. The van der Waals surface area contributed by atoms with Crippen molar-refractivity contribution in [3.63, 3.8) is 0 Å². The Kier molecular flexibility index (Phi) is 3.71. The first-order valence-corrected chi connectivity index (χ1v) is 8.87. The van der Waals surface area contributed by atoms with E-state index in [-0.39, 0.29) is 11.8 Å². The average molecular weight is 376 g/mol. The molecular formula is C19H16N6O3. The Balaban J connectivity index is 1.68. The molecule has 28 heavy (non-hydrogen) atoms. The maximum absolute atomic E-state index is 12.5. The first-order valence-electron chi connectivity index (χ1n) is 8.87. The molecule has 5 heterocycles. The van der Waals surface area contributed by atoms with E-state index >= 15 is 0 Å². The lowest BCUT2D eigenvalue weighted by Gasteiger charge is -2.08. The van der Waals surface area contributed by atoms with Crippen molar-refractivity contribution in [2.45, 2.75) is 6.42 Å². The van der Waals surface area contributed by atoms with E-state index in [9.17, 15) is 9.59 Å². The van der Waals surface area contributed by atoms with E-state index in [0.717, 1.165) is 0 Å². The summed E-state index contributed by atoms with van der Waals surface area (Å²) in [7, 11) is 0. The monoisotopic (exact) mass is 376 g/mol. The molecule has 0 spiro atoms. The zero-order valence-corrected chi connectivity index (χ0v) is 14.7. The molecule has 0 saturated carbocycles. The highest BCUT2D eigenvalue weighted by atomic mass is 16.5. The quantitative estimate of drug-likeness (QED) is 0.476. The molecule has 0 radical (unpaired) electrons. The van der Waals surface area contributed by atoms with Crippen LogP contribution in [0.5, 0.6) is 5.88 Å². The third-order valence-corrected chi connectivity index (χ3v) is 4.69. The minimum absolute atomic E-state index is 0.217. The molecule has 0 fully saturated rings. The summed E-state index contributed by atoms with van der Waals surface area (Å²) < 4.78 is 5.77. The van der Waals surface area contributed by atoms with Crippen LogP contribution in [-0.2, 0) is 4.79 Å². The maximum atomic E-state index is 12.5. The minimum atomic E-state index is -0.270. The maximum Gasteiger partial charge on any atom is 0.258 e. The van der Waals surface area contributed by atoms with Crippen LogP contribution < -0.4 is 15.4 Å². The van der Waals surface area contributed by atoms with Gasteiger partial charge in [0.05, 0.1) is 46.6 Å². The number of H-pyrrole nitrogens is 2. The van der Waals surface area contributed by atoms with Gasteiger partial charge in [-0.1, -0.05) is 0 Å². The molecule has 140 valence electrons. The fourth-order valence-corrected chi connectivity index (χ4v) is 3.30. The van der Waals surface area contributed by atoms with Crippen LogP contribution in [0, 0.1) is 0 Å². The number of rotatable bonds is 0. The Bertz CT molecular complexity index is 1130. The van der Waals surface area contributed by atoms with Gasteiger partial charge in [-0.05, 0) is 30.7 Å². The number of nitrogens with one attached hydrogen (secondary N) is 4. The van der Waals surface area contributed by atoms with Crippen molar-refractivity contribution in [3.05, 3.63) is 47.5 Å². The second-order valence-electron chi connectivity index (χ2n) is 6.48. The molecule has 9 heteroatoms. The highest BCUT2D eigenvalue weighted by Gasteiger charge is 2.28. The van der Waals surface area contributed by atoms with Crippen molar-refractivity contribution in [2.24, 2.45) is 0 Å². The fraction of sp³-hybridized carbons (Fsp3) is 0.158. The van der Waals surface area contributed by atoms with Crippen molar-refractivity contribution in [1.29, 1.82) is 0 Å². The number of anilines is 1. The Morgan fingerprint density at radius 1 is 1.07 bits per heavy atom. The molecule has 3 aromatic heterocycles.